The average molecular weight is 195 g/mol. The number of aromatic amines is 1. The number of H-pyrrole nitrogens is 1. The second-order valence-electron chi connectivity index (χ2n) is 2.74. The zero-order valence-corrected chi connectivity index (χ0v) is 7.51. The molecule has 0 fully saturated rings. The van der Waals surface area contributed by atoms with Crippen molar-refractivity contribution >= 4 is 0 Å². The second kappa shape index (κ2) is 3.54. The van der Waals surface area contributed by atoms with Crippen LogP contribution in [0.3, 0.4) is 0 Å². The number of aliphatic hydroxyl groups excluding tert-OH is 1. The summed E-state index contributed by atoms with van der Waals surface area (Å²) in [7, 11) is 0. The average Bonchev–Trinajstić information content (AvgIpc) is 2.86. The van der Waals surface area contributed by atoms with E-state index in [-0.39, 0.29) is 11.7 Å². The fourth-order valence-electron chi connectivity index (χ4n) is 0.961. The molecule has 1 unspecified atom stereocenters. The lowest BCUT2D eigenvalue weighted by Gasteiger charge is -1.97. The molecule has 2 aromatic rings. The summed E-state index contributed by atoms with van der Waals surface area (Å²) in [4.78, 5) is 3.97. The minimum Gasteiger partial charge on any atom is -0.385 e. The Hall–Kier alpha value is -1.76. The third-order valence-corrected chi connectivity index (χ3v) is 1.76. The number of aromatic nitrogens is 5. The number of nitrogens with one attached hydrogen (secondary N) is 1. The summed E-state index contributed by atoms with van der Waals surface area (Å²) < 4.78 is 4.89. The molecule has 14 heavy (non-hydrogen) atoms. The SMILES string of the molecule is CCC(O)c1noc(-c2cn[nH]n2)n1. The van der Waals surface area contributed by atoms with E-state index in [0.29, 0.717) is 12.1 Å². The highest BCUT2D eigenvalue weighted by Crippen LogP contribution is 2.17. The first-order valence-corrected chi connectivity index (χ1v) is 4.19. The molecule has 0 aliphatic rings. The number of hydrogen-bond acceptors (Lipinski definition) is 6. The fraction of sp³-hybridized carbons (Fsp3) is 0.429. The first-order chi connectivity index (χ1) is 6.81. The molecule has 74 valence electrons. The first-order valence-electron chi connectivity index (χ1n) is 4.19. The quantitative estimate of drug-likeness (QED) is 0.730. The van der Waals surface area contributed by atoms with E-state index in [9.17, 15) is 5.11 Å². The van der Waals surface area contributed by atoms with Crippen molar-refractivity contribution in [1.82, 2.24) is 25.6 Å². The molecular formula is C7H9N5O2. The summed E-state index contributed by atoms with van der Waals surface area (Å²) in [6.07, 6.45) is 1.31. The third kappa shape index (κ3) is 1.49. The molecule has 2 N–H and O–H groups in total. The summed E-state index contributed by atoms with van der Waals surface area (Å²) in [5.41, 5.74) is 0.465. The van der Waals surface area contributed by atoms with Gasteiger partial charge in [0.1, 0.15) is 6.10 Å². The summed E-state index contributed by atoms with van der Waals surface area (Å²) >= 11 is 0. The van der Waals surface area contributed by atoms with Gasteiger partial charge in [-0.2, -0.15) is 20.4 Å². The molecule has 2 rings (SSSR count). The molecule has 2 heterocycles. The van der Waals surface area contributed by atoms with Gasteiger partial charge in [0, 0.05) is 0 Å². The van der Waals surface area contributed by atoms with Crippen molar-refractivity contribution in [1.29, 1.82) is 0 Å². The van der Waals surface area contributed by atoms with Gasteiger partial charge < -0.3 is 9.63 Å². The van der Waals surface area contributed by atoms with Gasteiger partial charge in [-0.25, -0.2) is 0 Å². The maximum atomic E-state index is 9.41. The maximum Gasteiger partial charge on any atom is 0.280 e. The Bertz CT molecular complexity index is 396. The lowest BCUT2D eigenvalue weighted by molar-refractivity contribution is 0.159. The van der Waals surface area contributed by atoms with Crippen LogP contribution in [0.2, 0.25) is 0 Å². The lowest BCUT2D eigenvalue weighted by atomic mass is 10.3. The molecule has 0 amide bonds. The fourth-order valence-corrected chi connectivity index (χ4v) is 0.961. The van der Waals surface area contributed by atoms with Crippen molar-refractivity contribution in [3.63, 3.8) is 0 Å². The zero-order chi connectivity index (χ0) is 9.97. The molecule has 0 spiro atoms. The van der Waals surface area contributed by atoms with Gasteiger partial charge in [0.15, 0.2) is 5.69 Å². The molecular weight excluding hydrogens is 186 g/mol. The Balaban J connectivity index is 2.26. The minimum atomic E-state index is -0.695. The van der Waals surface area contributed by atoms with Gasteiger partial charge in [-0.1, -0.05) is 12.1 Å². The van der Waals surface area contributed by atoms with Crippen molar-refractivity contribution in [3.8, 4) is 11.6 Å². The van der Waals surface area contributed by atoms with Crippen molar-refractivity contribution in [2.45, 2.75) is 19.4 Å². The highest BCUT2D eigenvalue weighted by atomic mass is 16.5. The molecule has 2 aromatic heterocycles. The second-order valence-corrected chi connectivity index (χ2v) is 2.74. The molecule has 0 bridgehead atoms. The Morgan fingerprint density at radius 3 is 3.14 bits per heavy atom. The molecule has 7 heteroatoms. The highest BCUT2D eigenvalue weighted by Gasteiger charge is 2.15. The third-order valence-electron chi connectivity index (χ3n) is 1.76. The van der Waals surface area contributed by atoms with E-state index in [0.717, 1.165) is 0 Å². The monoisotopic (exact) mass is 195 g/mol. The van der Waals surface area contributed by atoms with Crippen LogP contribution in [-0.2, 0) is 0 Å². The number of hydrogen-bond donors (Lipinski definition) is 2. The highest BCUT2D eigenvalue weighted by molar-refractivity contribution is 5.42. The van der Waals surface area contributed by atoms with Crippen LogP contribution in [0.4, 0.5) is 0 Å². The van der Waals surface area contributed by atoms with Crippen LogP contribution < -0.4 is 0 Å². The van der Waals surface area contributed by atoms with Gasteiger partial charge in [-0.3, -0.25) is 0 Å². The Labute approximate surface area is 79.1 Å². The minimum absolute atomic E-state index is 0.251. The number of rotatable bonds is 3. The van der Waals surface area contributed by atoms with Crippen LogP contribution in [-0.4, -0.2) is 30.7 Å². The summed E-state index contributed by atoms with van der Waals surface area (Å²) in [6.45, 7) is 1.83. The van der Waals surface area contributed by atoms with E-state index in [2.05, 4.69) is 25.6 Å². The Morgan fingerprint density at radius 2 is 2.50 bits per heavy atom. The lowest BCUT2D eigenvalue weighted by Crippen LogP contribution is -1.97. The maximum absolute atomic E-state index is 9.41. The van der Waals surface area contributed by atoms with Crippen LogP contribution >= 0.6 is 0 Å². The van der Waals surface area contributed by atoms with Crippen molar-refractivity contribution < 1.29 is 9.63 Å². The van der Waals surface area contributed by atoms with E-state index in [4.69, 9.17) is 4.52 Å². The van der Waals surface area contributed by atoms with Crippen LogP contribution in [0.15, 0.2) is 10.7 Å². The first kappa shape index (κ1) is 8.82. The van der Waals surface area contributed by atoms with Gasteiger partial charge in [0.2, 0.25) is 5.82 Å². The van der Waals surface area contributed by atoms with Crippen LogP contribution in [0.25, 0.3) is 11.6 Å². The normalized spacial score (nSPS) is 13.0. The number of aliphatic hydroxyl groups is 1. The molecule has 0 aromatic carbocycles. The van der Waals surface area contributed by atoms with Crippen molar-refractivity contribution in [2.24, 2.45) is 0 Å². The van der Waals surface area contributed by atoms with E-state index >= 15 is 0 Å². The van der Waals surface area contributed by atoms with Gasteiger partial charge in [0.25, 0.3) is 5.89 Å². The van der Waals surface area contributed by atoms with Crippen molar-refractivity contribution in [3.05, 3.63) is 12.0 Å². The van der Waals surface area contributed by atoms with E-state index in [1.54, 1.807) is 0 Å². The number of nitrogens with zero attached hydrogens (tertiary/aromatic N) is 4. The topological polar surface area (TPSA) is 101 Å². The summed E-state index contributed by atoms with van der Waals surface area (Å²) in [5.74, 6) is 0.520. The van der Waals surface area contributed by atoms with Crippen LogP contribution in [0.5, 0.6) is 0 Å². The van der Waals surface area contributed by atoms with Crippen molar-refractivity contribution in [2.75, 3.05) is 0 Å². The summed E-state index contributed by atoms with van der Waals surface area (Å²) in [6, 6.07) is 0. The van der Waals surface area contributed by atoms with Crippen LogP contribution in [0, 0.1) is 0 Å². The molecule has 0 radical (unpaired) electrons. The van der Waals surface area contributed by atoms with Crippen LogP contribution in [0.1, 0.15) is 25.3 Å². The smallest absolute Gasteiger partial charge is 0.280 e. The Kier molecular flexibility index (Phi) is 2.23. The molecule has 0 aliphatic carbocycles. The molecule has 0 aliphatic heterocycles. The predicted octanol–water partition coefficient (Wildman–Crippen LogP) is 0.298. The Morgan fingerprint density at radius 1 is 1.64 bits per heavy atom. The van der Waals surface area contributed by atoms with E-state index in [1.165, 1.54) is 6.20 Å². The van der Waals surface area contributed by atoms with Gasteiger partial charge in [0.05, 0.1) is 6.20 Å². The predicted molar refractivity (Wildman–Crippen MR) is 44.9 cm³/mol. The van der Waals surface area contributed by atoms with Gasteiger partial charge in [-0.15, -0.1) is 0 Å². The standard InChI is InChI=1S/C7H9N5O2/c1-2-5(13)6-9-7(14-11-6)4-3-8-12-10-4/h3,5,13H,2H2,1H3,(H,8,10,12). The molecule has 1 atom stereocenters. The van der Waals surface area contributed by atoms with Gasteiger partial charge >= 0.3 is 0 Å². The zero-order valence-electron chi connectivity index (χ0n) is 7.51. The van der Waals surface area contributed by atoms with Gasteiger partial charge in [-0.05, 0) is 6.42 Å². The van der Waals surface area contributed by atoms with E-state index in [1.807, 2.05) is 6.92 Å². The molecule has 0 saturated carbocycles. The molecule has 0 saturated heterocycles. The van der Waals surface area contributed by atoms with E-state index < -0.39 is 6.10 Å². The summed E-state index contributed by atoms with van der Waals surface area (Å²) in [5, 5.41) is 22.8. The largest absolute Gasteiger partial charge is 0.385 e. The molecule has 7 nitrogen and oxygen atoms in total.